The van der Waals surface area contributed by atoms with Gasteiger partial charge in [0.05, 0.1) is 20.6 Å². The highest BCUT2D eigenvalue weighted by atomic mass is 28.3. The number of rotatable bonds is 6. The number of hydrogen-bond acceptors (Lipinski definition) is 4. The summed E-state index contributed by atoms with van der Waals surface area (Å²) in [4.78, 5) is 23.2. The van der Waals surface area contributed by atoms with E-state index in [9.17, 15) is 14.1 Å². The minimum absolute atomic E-state index is 0.271. The Morgan fingerprint density at radius 1 is 1.07 bits per heavy atom. The molecule has 0 saturated carbocycles. The molecule has 28 heavy (non-hydrogen) atoms. The molecule has 148 valence electrons. The fraction of sp³-hybridized carbons (Fsp3) is 0.381. The van der Waals surface area contributed by atoms with E-state index in [1.165, 1.54) is 0 Å². The van der Waals surface area contributed by atoms with E-state index in [1.54, 1.807) is 48.5 Å². The molecule has 1 unspecified atom stereocenters. The molecule has 0 amide bonds. The molecule has 0 spiro atoms. The normalized spacial score (nSPS) is 18.9. The molecule has 0 aromatic heterocycles. The Morgan fingerprint density at radius 2 is 1.61 bits per heavy atom. The first kappa shape index (κ1) is 20.2. The number of benzene rings is 2. The van der Waals surface area contributed by atoms with Crippen LogP contribution in [-0.4, -0.2) is 57.7 Å². The van der Waals surface area contributed by atoms with Gasteiger partial charge in [0.2, 0.25) is 5.60 Å². The van der Waals surface area contributed by atoms with Crippen molar-refractivity contribution in [3.8, 4) is 0 Å². The lowest BCUT2D eigenvalue weighted by Gasteiger charge is -2.39. The lowest BCUT2D eigenvalue weighted by atomic mass is 9.86. The molecule has 1 fully saturated rings. The van der Waals surface area contributed by atoms with Gasteiger partial charge in [-0.1, -0.05) is 60.7 Å². The van der Waals surface area contributed by atoms with Gasteiger partial charge >= 0.3 is 15.1 Å². The molecule has 1 N–H and O–H groups in total. The molecule has 1 aliphatic rings. The van der Waals surface area contributed by atoms with Crippen molar-refractivity contribution in [1.29, 1.82) is 0 Å². The minimum Gasteiger partial charge on any atom is -0.511 e. The van der Waals surface area contributed by atoms with Crippen molar-refractivity contribution in [1.82, 2.24) is 0 Å². The quantitative estimate of drug-likeness (QED) is 0.457. The van der Waals surface area contributed by atoms with E-state index in [1.807, 2.05) is 12.1 Å². The molecule has 2 aromatic rings. The Hall–Kier alpha value is -2.51. The van der Waals surface area contributed by atoms with Crippen LogP contribution < -0.4 is 0 Å². The lowest BCUT2D eigenvalue weighted by Crippen LogP contribution is -2.53. The van der Waals surface area contributed by atoms with Crippen molar-refractivity contribution in [3.63, 3.8) is 0 Å². The Morgan fingerprint density at radius 3 is 2.07 bits per heavy atom. The average Bonchev–Trinajstić information content (AvgIpc) is 2.66. The third-order valence-electron chi connectivity index (χ3n) is 5.15. The monoisotopic (exact) mass is 400 g/mol. The van der Waals surface area contributed by atoms with Gasteiger partial charge in [-0.3, -0.25) is 4.46 Å². The third kappa shape index (κ3) is 4.31. The molecule has 1 aliphatic heterocycles. The van der Waals surface area contributed by atoms with Gasteiger partial charge in [0, 0.05) is 17.5 Å². The van der Waals surface area contributed by atoms with Crippen LogP contribution in [0.3, 0.4) is 0 Å². The van der Waals surface area contributed by atoms with E-state index in [4.69, 9.17) is 9.16 Å². The topological polar surface area (TPSA) is 72.8 Å². The summed E-state index contributed by atoms with van der Waals surface area (Å²) in [6, 6.07) is 17.5. The summed E-state index contributed by atoms with van der Waals surface area (Å²) in [7, 11) is 0.757. The number of esters is 1. The van der Waals surface area contributed by atoms with Crippen molar-refractivity contribution < 1.29 is 27.7 Å². The first-order chi connectivity index (χ1) is 13.3. The third-order valence-corrected chi connectivity index (χ3v) is 5.63. The highest BCUT2D eigenvalue weighted by Crippen LogP contribution is 2.36. The fourth-order valence-corrected chi connectivity index (χ4v) is 4.43. The Kier molecular flexibility index (Phi) is 5.95. The summed E-state index contributed by atoms with van der Waals surface area (Å²) in [5.74, 6) is -0.663. The maximum atomic E-state index is 13.5. The second-order valence-electron chi connectivity index (χ2n) is 7.79. The number of quaternary nitrogens is 1. The zero-order valence-electron chi connectivity index (χ0n) is 16.2. The Balaban J connectivity index is 2.04. The highest BCUT2D eigenvalue weighted by molar-refractivity contribution is 6.25. The summed E-state index contributed by atoms with van der Waals surface area (Å²) >= 11 is 0. The first-order valence-corrected chi connectivity index (χ1v) is 10.7. The molecule has 0 radical (unpaired) electrons. The molecule has 3 rings (SSSR count). The number of likely N-dealkylation sites (N-methyl/N-ethyl adjacent to an activating group) is 1. The van der Waals surface area contributed by atoms with Gasteiger partial charge in [-0.2, -0.15) is 0 Å². The Bertz CT molecular complexity index is 786. The minimum atomic E-state index is -3.45. The lowest BCUT2D eigenvalue weighted by molar-refractivity contribution is -0.898. The molecule has 0 bridgehead atoms. The number of likely N-dealkylation sites (tertiary alicyclic amines) is 1. The summed E-state index contributed by atoms with van der Waals surface area (Å²) in [5, 5.41) is 0. The van der Waals surface area contributed by atoms with E-state index >= 15 is 0 Å². The van der Waals surface area contributed by atoms with Crippen LogP contribution in [0.4, 0.5) is 0 Å². The van der Waals surface area contributed by atoms with Crippen LogP contribution in [0.1, 0.15) is 24.0 Å². The van der Waals surface area contributed by atoms with E-state index in [-0.39, 0.29) is 6.10 Å². The van der Waals surface area contributed by atoms with E-state index in [0.717, 1.165) is 23.9 Å². The second kappa shape index (κ2) is 8.24. The second-order valence-corrected chi connectivity index (χ2v) is 8.53. The van der Waals surface area contributed by atoms with Crippen LogP contribution >= 0.6 is 0 Å². The van der Waals surface area contributed by atoms with Crippen LogP contribution in [-0.2, 0) is 24.0 Å². The number of carbonyl (C=O) groups excluding carboxylic acids is 1. The van der Waals surface area contributed by atoms with Crippen molar-refractivity contribution in [2.24, 2.45) is 0 Å². The van der Waals surface area contributed by atoms with Crippen LogP contribution in [0.2, 0.25) is 0 Å². The summed E-state index contributed by atoms with van der Waals surface area (Å²) in [5.41, 5.74) is -0.867. The van der Waals surface area contributed by atoms with Gasteiger partial charge < -0.3 is 18.4 Å². The number of piperidine rings is 1. The van der Waals surface area contributed by atoms with Gasteiger partial charge in [-0.05, 0) is 6.42 Å². The molecule has 1 atom stereocenters. The number of hydrogen-bond donors (Lipinski definition) is 1. The van der Waals surface area contributed by atoms with Crippen LogP contribution in [0.25, 0.3) is 0 Å². The van der Waals surface area contributed by atoms with E-state index in [0.29, 0.717) is 17.7 Å². The maximum absolute atomic E-state index is 13.5. The molecular formula is C21H26NO5Si+. The van der Waals surface area contributed by atoms with E-state index in [2.05, 4.69) is 14.1 Å². The van der Waals surface area contributed by atoms with Gasteiger partial charge in [0.15, 0.2) is 6.10 Å². The number of carbonyl (C=O) groups is 1. The molecule has 1 saturated heterocycles. The van der Waals surface area contributed by atoms with Crippen LogP contribution in [0, 0.1) is 0 Å². The summed E-state index contributed by atoms with van der Waals surface area (Å²) in [6.45, 7) is 1.72. The van der Waals surface area contributed by atoms with Crippen molar-refractivity contribution >= 4 is 15.1 Å². The maximum Gasteiger partial charge on any atom is 0.766 e. The van der Waals surface area contributed by atoms with E-state index < -0.39 is 20.7 Å². The van der Waals surface area contributed by atoms with Crippen LogP contribution in [0.15, 0.2) is 60.7 Å². The average molecular weight is 401 g/mol. The molecule has 1 heterocycles. The smallest absolute Gasteiger partial charge is 0.511 e. The van der Waals surface area contributed by atoms with Gasteiger partial charge in [0.25, 0.3) is 0 Å². The van der Waals surface area contributed by atoms with Gasteiger partial charge in [0.1, 0.15) is 6.54 Å². The zero-order valence-corrected chi connectivity index (χ0v) is 17.2. The molecule has 0 aliphatic carbocycles. The standard InChI is InChI=1S/C21H26NO5Si/c1-22(2)15-9-14-19(16-22)26-20(23)21(27-28(24)25,17-10-5-3-6-11-17)18-12-7-4-8-13-18/h3-8,10-13,19,24H,9,14-16H2,1-2H3/q+1. The van der Waals surface area contributed by atoms with Gasteiger partial charge in [-0.15, -0.1) is 0 Å². The highest BCUT2D eigenvalue weighted by Gasteiger charge is 2.49. The van der Waals surface area contributed by atoms with Crippen LogP contribution in [0.5, 0.6) is 0 Å². The Labute approximate surface area is 166 Å². The SMILES string of the molecule is C[N+]1(C)CCCC(OC(=O)C(O[Si](=O)O)(c2ccccc2)c2ccccc2)C1. The first-order valence-electron chi connectivity index (χ1n) is 9.39. The number of ether oxygens (including phenoxy) is 1. The largest absolute Gasteiger partial charge is 0.766 e. The van der Waals surface area contributed by atoms with Crippen molar-refractivity contribution in [2.75, 3.05) is 27.2 Å². The molecule has 7 heteroatoms. The van der Waals surface area contributed by atoms with Crippen molar-refractivity contribution in [2.45, 2.75) is 24.5 Å². The summed E-state index contributed by atoms with van der Waals surface area (Å²) < 4.78 is 24.0. The molecule has 6 nitrogen and oxygen atoms in total. The summed E-state index contributed by atoms with van der Waals surface area (Å²) in [6.07, 6.45) is 1.45. The number of nitrogens with zero attached hydrogens (tertiary/aromatic N) is 1. The predicted octanol–water partition coefficient (Wildman–Crippen LogP) is 2.14. The van der Waals surface area contributed by atoms with Gasteiger partial charge in [-0.25, -0.2) is 4.79 Å². The zero-order chi connectivity index (χ0) is 20.2. The predicted molar refractivity (Wildman–Crippen MR) is 104 cm³/mol. The molecular weight excluding hydrogens is 374 g/mol. The van der Waals surface area contributed by atoms with Crippen molar-refractivity contribution in [3.05, 3.63) is 71.8 Å². The molecule has 2 aromatic carbocycles. The fourth-order valence-electron chi connectivity index (χ4n) is 3.85.